The maximum Gasteiger partial charge on any atom is 0.181 e. The highest BCUT2D eigenvalue weighted by Crippen LogP contribution is 2.28. The predicted molar refractivity (Wildman–Crippen MR) is 59.7 cm³/mol. The van der Waals surface area contributed by atoms with E-state index in [-0.39, 0.29) is 0 Å². The molecule has 80 valence electrons. The standard InChI is InChI=1S/C10H13N3OS/c1-3-11-4-8-10(14-6-13-8)9-5-12-7(2)15-9/h5-6,11H,3-4H2,1-2H3. The Morgan fingerprint density at radius 3 is 3.00 bits per heavy atom. The van der Waals surface area contributed by atoms with Crippen LogP contribution in [0.1, 0.15) is 17.6 Å². The second-order valence-electron chi connectivity index (χ2n) is 3.15. The lowest BCUT2D eigenvalue weighted by atomic mass is 10.3. The van der Waals surface area contributed by atoms with E-state index < -0.39 is 0 Å². The molecule has 5 heteroatoms. The van der Waals surface area contributed by atoms with Gasteiger partial charge in [-0.2, -0.15) is 0 Å². The van der Waals surface area contributed by atoms with Crippen molar-refractivity contribution in [3.05, 3.63) is 23.3 Å². The minimum atomic E-state index is 0.735. The maximum atomic E-state index is 5.38. The van der Waals surface area contributed by atoms with Gasteiger partial charge in [0.2, 0.25) is 0 Å². The largest absolute Gasteiger partial charge is 0.442 e. The molecule has 2 rings (SSSR count). The third-order valence-corrected chi connectivity index (χ3v) is 2.94. The Balaban J connectivity index is 2.24. The normalized spacial score (nSPS) is 10.8. The van der Waals surface area contributed by atoms with Gasteiger partial charge in [-0.3, -0.25) is 0 Å². The van der Waals surface area contributed by atoms with Gasteiger partial charge in [0.1, 0.15) is 5.69 Å². The summed E-state index contributed by atoms with van der Waals surface area (Å²) in [6.07, 6.45) is 3.31. The van der Waals surface area contributed by atoms with Gasteiger partial charge in [0.05, 0.1) is 9.88 Å². The Morgan fingerprint density at radius 1 is 1.47 bits per heavy atom. The van der Waals surface area contributed by atoms with Crippen molar-refractivity contribution in [2.75, 3.05) is 6.54 Å². The molecule has 2 aromatic heterocycles. The fourth-order valence-corrected chi connectivity index (χ4v) is 2.09. The van der Waals surface area contributed by atoms with Gasteiger partial charge in [0, 0.05) is 12.7 Å². The van der Waals surface area contributed by atoms with Gasteiger partial charge < -0.3 is 9.73 Å². The number of aryl methyl sites for hydroxylation is 1. The smallest absolute Gasteiger partial charge is 0.181 e. The number of thiazole rings is 1. The van der Waals surface area contributed by atoms with Crippen LogP contribution in [0.3, 0.4) is 0 Å². The van der Waals surface area contributed by atoms with Gasteiger partial charge in [0.15, 0.2) is 12.2 Å². The first-order chi connectivity index (χ1) is 7.31. The summed E-state index contributed by atoms with van der Waals surface area (Å²) in [7, 11) is 0. The molecular weight excluding hydrogens is 210 g/mol. The molecule has 2 heterocycles. The molecule has 0 bridgehead atoms. The number of nitrogens with zero attached hydrogens (tertiary/aromatic N) is 2. The minimum absolute atomic E-state index is 0.735. The molecule has 0 atom stereocenters. The van der Waals surface area contributed by atoms with Crippen molar-refractivity contribution in [1.82, 2.24) is 15.3 Å². The van der Waals surface area contributed by atoms with Gasteiger partial charge in [-0.15, -0.1) is 11.3 Å². The average molecular weight is 223 g/mol. The molecule has 0 spiro atoms. The fraction of sp³-hybridized carbons (Fsp3) is 0.400. The van der Waals surface area contributed by atoms with E-state index in [2.05, 4.69) is 22.2 Å². The molecule has 0 unspecified atom stereocenters. The molecule has 1 N–H and O–H groups in total. The first-order valence-electron chi connectivity index (χ1n) is 4.87. The molecule has 4 nitrogen and oxygen atoms in total. The Bertz CT molecular complexity index is 435. The first-order valence-corrected chi connectivity index (χ1v) is 5.68. The minimum Gasteiger partial charge on any atom is -0.442 e. The van der Waals surface area contributed by atoms with Crippen molar-refractivity contribution in [1.29, 1.82) is 0 Å². The molecule has 0 aliphatic carbocycles. The maximum absolute atomic E-state index is 5.38. The van der Waals surface area contributed by atoms with Crippen LogP contribution < -0.4 is 5.32 Å². The number of oxazole rings is 1. The second-order valence-corrected chi connectivity index (χ2v) is 4.39. The topological polar surface area (TPSA) is 51.0 Å². The van der Waals surface area contributed by atoms with Crippen LogP contribution >= 0.6 is 11.3 Å². The van der Waals surface area contributed by atoms with E-state index >= 15 is 0 Å². The lowest BCUT2D eigenvalue weighted by molar-refractivity contribution is 0.571. The van der Waals surface area contributed by atoms with Crippen LogP contribution in [-0.2, 0) is 6.54 Å². The molecule has 0 aromatic carbocycles. The quantitative estimate of drug-likeness (QED) is 0.863. The fourth-order valence-electron chi connectivity index (χ4n) is 1.31. The van der Waals surface area contributed by atoms with Crippen molar-refractivity contribution in [2.24, 2.45) is 0 Å². The number of hydrogen-bond donors (Lipinski definition) is 1. The second kappa shape index (κ2) is 4.55. The van der Waals surface area contributed by atoms with Crippen molar-refractivity contribution in [3.63, 3.8) is 0 Å². The van der Waals surface area contributed by atoms with Gasteiger partial charge in [-0.25, -0.2) is 9.97 Å². The first kappa shape index (κ1) is 10.3. The summed E-state index contributed by atoms with van der Waals surface area (Å²) in [6.45, 7) is 5.71. The summed E-state index contributed by atoms with van der Waals surface area (Å²) in [6, 6.07) is 0. The summed E-state index contributed by atoms with van der Waals surface area (Å²) in [4.78, 5) is 9.43. The number of aromatic nitrogens is 2. The zero-order chi connectivity index (χ0) is 10.7. The number of nitrogens with one attached hydrogen (secondary N) is 1. The molecule has 0 aliphatic rings. The molecule has 0 amide bonds. The Morgan fingerprint density at radius 2 is 2.33 bits per heavy atom. The Hall–Kier alpha value is -1.20. The van der Waals surface area contributed by atoms with E-state index in [0.29, 0.717) is 0 Å². The molecule has 2 aromatic rings. The number of hydrogen-bond acceptors (Lipinski definition) is 5. The summed E-state index contributed by atoms with van der Waals surface area (Å²) in [5, 5.41) is 4.27. The van der Waals surface area contributed by atoms with Crippen molar-refractivity contribution < 1.29 is 4.42 Å². The van der Waals surface area contributed by atoms with E-state index in [1.807, 2.05) is 13.1 Å². The van der Waals surface area contributed by atoms with E-state index in [0.717, 1.165) is 34.4 Å². The predicted octanol–water partition coefficient (Wildman–Crippen LogP) is 2.22. The van der Waals surface area contributed by atoms with Crippen molar-refractivity contribution >= 4 is 11.3 Å². The monoisotopic (exact) mass is 223 g/mol. The highest BCUT2D eigenvalue weighted by atomic mass is 32.1. The summed E-state index contributed by atoms with van der Waals surface area (Å²) >= 11 is 1.62. The van der Waals surface area contributed by atoms with Gasteiger partial charge in [0.25, 0.3) is 0 Å². The third kappa shape index (κ3) is 2.24. The highest BCUT2D eigenvalue weighted by Gasteiger charge is 2.12. The van der Waals surface area contributed by atoms with Crippen LogP contribution in [0.25, 0.3) is 10.6 Å². The molecular formula is C10H13N3OS. The van der Waals surface area contributed by atoms with Crippen LogP contribution in [0.5, 0.6) is 0 Å². The van der Waals surface area contributed by atoms with E-state index in [1.165, 1.54) is 6.39 Å². The molecule has 0 saturated heterocycles. The van der Waals surface area contributed by atoms with Crippen LogP contribution in [-0.4, -0.2) is 16.5 Å². The van der Waals surface area contributed by atoms with E-state index in [4.69, 9.17) is 4.42 Å². The molecule has 0 saturated carbocycles. The molecule has 15 heavy (non-hydrogen) atoms. The molecule has 0 aliphatic heterocycles. The summed E-state index contributed by atoms with van der Waals surface area (Å²) in [5.41, 5.74) is 0.945. The SMILES string of the molecule is CCNCc1ncoc1-c1cnc(C)s1. The van der Waals surface area contributed by atoms with Crippen molar-refractivity contribution in [3.8, 4) is 10.6 Å². The Kier molecular flexibility index (Phi) is 3.13. The van der Waals surface area contributed by atoms with Crippen molar-refractivity contribution in [2.45, 2.75) is 20.4 Å². The van der Waals surface area contributed by atoms with Gasteiger partial charge >= 0.3 is 0 Å². The van der Waals surface area contributed by atoms with E-state index in [1.54, 1.807) is 11.3 Å². The average Bonchev–Trinajstić information content (AvgIpc) is 2.82. The zero-order valence-corrected chi connectivity index (χ0v) is 9.60. The summed E-state index contributed by atoms with van der Waals surface area (Å²) in [5.74, 6) is 0.835. The molecule has 0 fully saturated rings. The lowest BCUT2D eigenvalue weighted by Crippen LogP contribution is -2.12. The third-order valence-electron chi connectivity index (χ3n) is 2.03. The highest BCUT2D eigenvalue weighted by molar-refractivity contribution is 7.15. The lowest BCUT2D eigenvalue weighted by Gasteiger charge is -1.98. The van der Waals surface area contributed by atoms with Gasteiger partial charge in [-0.05, 0) is 13.5 Å². The Labute approximate surface area is 92.4 Å². The zero-order valence-electron chi connectivity index (χ0n) is 8.78. The van der Waals surface area contributed by atoms with Crippen LogP contribution in [0.15, 0.2) is 17.0 Å². The van der Waals surface area contributed by atoms with E-state index in [9.17, 15) is 0 Å². The van der Waals surface area contributed by atoms with Crippen LogP contribution in [0.4, 0.5) is 0 Å². The number of rotatable bonds is 4. The summed E-state index contributed by atoms with van der Waals surface area (Å²) < 4.78 is 5.38. The van der Waals surface area contributed by atoms with Crippen LogP contribution in [0, 0.1) is 6.92 Å². The van der Waals surface area contributed by atoms with Gasteiger partial charge in [-0.1, -0.05) is 6.92 Å². The van der Waals surface area contributed by atoms with Crippen LogP contribution in [0.2, 0.25) is 0 Å². The molecule has 0 radical (unpaired) electrons.